The Balaban J connectivity index is 1.70. The normalized spacial score (nSPS) is 14.5. The van der Waals surface area contributed by atoms with Crippen LogP contribution in [0.2, 0.25) is 0 Å². The topological polar surface area (TPSA) is 86.8 Å². The van der Waals surface area contributed by atoms with Gasteiger partial charge in [0.1, 0.15) is 12.6 Å². The first-order valence-electron chi connectivity index (χ1n) is 13.5. The summed E-state index contributed by atoms with van der Waals surface area (Å²) in [6.07, 6.45) is 3.99. The molecule has 0 aliphatic heterocycles. The molecular formula is C31H36BrN3O4S. The van der Waals surface area contributed by atoms with E-state index in [0.717, 1.165) is 51.2 Å². The molecule has 0 spiro atoms. The monoisotopic (exact) mass is 625 g/mol. The molecule has 1 fully saturated rings. The molecule has 7 nitrogen and oxygen atoms in total. The highest BCUT2D eigenvalue weighted by Crippen LogP contribution is 2.27. The molecular weight excluding hydrogens is 590 g/mol. The Bertz CT molecular complexity index is 1440. The minimum atomic E-state index is -4.08. The smallest absolute Gasteiger partial charge is 0.264 e. The maximum Gasteiger partial charge on any atom is 0.264 e. The van der Waals surface area contributed by atoms with Crippen molar-refractivity contribution in [2.24, 2.45) is 0 Å². The number of amides is 2. The van der Waals surface area contributed by atoms with Gasteiger partial charge in [-0.1, -0.05) is 65.2 Å². The van der Waals surface area contributed by atoms with Crippen LogP contribution in [0, 0.1) is 13.8 Å². The molecule has 1 saturated carbocycles. The van der Waals surface area contributed by atoms with Crippen LogP contribution in [0.15, 0.2) is 82.2 Å². The molecule has 2 amide bonds. The van der Waals surface area contributed by atoms with E-state index >= 15 is 0 Å². The van der Waals surface area contributed by atoms with E-state index in [0.29, 0.717) is 5.69 Å². The second-order valence-electron chi connectivity index (χ2n) is 10.5. The second kappa shape index (κ2) is 13.0. The molecule has 0 radical (unpaired) electrons. The molecule has 3 aromatic carbocycles. The van der Waals surface area contributed by atoms with Gasteiger partial charge in [0, 0.05) is 17.1 Å². The van der Waals surface area contributed by atoms with Crippen molar-refractivity contribution in [3.05, 3.63) is 94.0 Å². The van der Waals surface area contributed by atoms with E-state index in [4.69, 9.17) is 0 Å². The fourth-order valence-electron chi connectivity index (χ4n) is 5.15. The number of carbonyl (C=O) groups excluding carboxylic acids is 2. The minimum absolute atomic E-state index is 0.0903. The Morgan fingerprint density at radius 3 is 2.23 bits per heavy atom. The van der Waals surface area contributed by atoms with Crippen molar-refractivity contribution in [1.29, 1.82) is 0 Å². The van der Waals surface area contributed by atoms with E-state index in [1.165, 1.54) is 17.0 Å². The number of nitrogens with one attached hydrogen (secondary N) is 1. The molecule has 0 unspecified atom stereocenters. The van der Waals surface area contributed by atoms with Gasteiger partial charge < -0.3 is 10.2 Å². The highest BCUT2D eigenvalue weighted by atomic mass is 79.9. The van der Waals surface area contributed by atoms with Gasteiger partial charge in [-0.05, 0) is 86.7 Å². The molecule has 0 saturated heterocycles. The Morgan fingerprint density at radius 2 is 1.60 bits per heavy atom. The van der Waals surface area contributed by atoms with Crippen LogP contribution in [-0.2, 0) is 26.2 Å². The van der Waals surface area contributed by atoms with Gasteiger partial charge in [0.25, 0.3) is 10.0 Å². The van der Waals surface area contributed by atoms with Gasteiger partial charge in [-0.15, -0.1) is 0 Å². The summed E-state index contributed by atoms with van der Waals surface area (Å²) in [5.74, 6) is -0.702. The summed E-state index contributed by atoms with van der Waals surface area (Å²) >= 11 is 3.48. The Labute approximate surface area is 245 Å². The molecule has 212 valence electrons. The van der Waals surface area contributed by atoms with Crippen molar-refractivity contribution >= 4 is 43.5 Å². The summed E-state index contributed by atoms with van der Waals surface area (Å²) in [4.78, 5) is 29.0. The first-order valence-corrected chi connectivity index (χ1v) is 15.8. The largest absolute Gasteiger partial charge is 0.352 e. The highest BCUT2D eigenvalue weighted by Gasteiger charge is 2.33. The molecule has 40 heavy (non-hydrogen) atoms. The van der Waals surface area contributed by atoms with Crippen LogP contribution in [0.5, 0.6) is 0 Å². The number of benzene rings is 3. The fraction of sp³-hybridized carbons (Fsp3) is 0.355. The van der Waals surface area contributed by atoms with E-state index in [-0.39, 0.29) is 23.4 Å². The number of rotatable bonds is 10. The molecule has 0 bridgehead atoms. The van der Waals surface area contributed by atoms with Gasteiger partial charge in [0.15, 0.2) is 0 Å². The maximum absolute atomic E-state index is 14.1. The van der Waals surface area contributed by atoms with E-state index in [2.05, 4.69) is 21.2 Å². The number of aryl methyl sites for hydroxylation is 2. The third-order valence-electron chi connectivity index (χ3n) is 7.22. The lowest BCUT2D eigenvalue weighted by atomic mass is 10.1. The minimum Gasteiger partial charge on any atom is -0.352 e. The Morgan fingerprint density at radius 1 is 0.950 bits per heavy atom. The Kier molecular flexibility index (Phi) is 9.68. The number of hydrogen-bond acceptors (Lipinski definition) is 4. The Hall–Kier alpha value is -3.17. The lowest BCUT2D eigenvalue weighted by Gasteiger charge is -2.32. The standard InChI is InChI=1S/C31H36BrN3O4S/c1-22-16-23(2)18-28(17-22)35(40(38,39)29-14-5-4-6-15-29)21-30(36)34(20-25-10-9-11-26(32)19-25)24(3)31(37)33-27-12-7-8-13-27/h4-6,9-11,14-19,24,27H,7-8,12-13,20-21H2,1-3H3,(H,33,37)/t24-/m0/s1. The number of anilines is 1. The third-order valence-corrected chi connectivity index (χ3v) is 9.50. The number of hydrogen-bond donors (Lipinski definition) is 1. The summed E-state index contributed by atoms with van der Waals surface area (Å²) < 4.78 is 29.8. The molecule has 9 heteroatoms. The van der Waals surface area contributed by atoms with Crippen LogP contribution in [0.1, 0.15) is 49.3 Å². The lowest BCUT2D eigenvalue weighted by Crippen LogP contribution is -2.52. The van der Waals surface area contributed by atoms with Crippen LogP contribution < -0.4 is 9.62 Å². The van der Waals surface area contributed by atoms with E-state index in [1.54, 1.807) is 37.3 Å². The summed E-state index contributed by atoms with van der Waals surface area (Å²) in [5, 5.41) is 3.09. The van der Waals surface area contributed by atoms with Gasteiger partial charge in [0.05, 0.1) is 10.6 Å². The summed E-state index contributed by atoms with van der Waals surface area (Å²) in [6, 6.07) is 20.4. The second-order valence-corrected chi connectivity index (χ2v) is 13.3. The zero-order valence-electron chi connectivity index (χ0n) is 23.1. The molecule has 0 heterocycles. The summed E-state index contributed by atoms with van der Waals surface area (Å²) in [5.41, 5.74) is 2.99. The van der Waals surface area contributed by atoms with Gasteiger partial charge in [-0.2, -0.15) is 0 Å². The zero-order chi connectivity index (χ0) is 28.9. The van der Waals surface area contributed by atoms with Crippen LogP contribution in [0.3, 0.4) is 0 Å². The zero-order valence-corrected chi connectivity index (χ0v) is 25.5. The number of halogens is 1. The number of carbonyl (C=O) groups is 2. The van der Waals surface area contributed by atoms with Crippen LogP contribution >= 0.6 is 15.9 Å². The van der Waals surface area contributed by atoms with E-state index in [1.807, 2.05) is 44.2 Å². The van der Waals surface area contributed by atoms with E-state index < -0.39 is 28.5 Å². The predicted octanol–water partition coefficient (Wildman–Crippen LogP) is 5.74. The molecule has 1 atom stereocenters. The third kappa shape index (κ3) is 7.31. The predicted molar refractivity (Wildman–Crippen MR) is 161 cm³/mol. The fourth-order valence-corrected chi connectivity index (χ4v) is 7.02. The average Bonchev–Trinajstić information content (AvgIpc) is 3.42. The molecule has 1 N–H and O–H groups in total. The molecule has 1 aliphatic carbocycles. The summed E-state index contributed by atoms with van der Waals surface area (Å²) in [6.45, 7) is 5.19. The van der Waals surface area contributed by atoms with Crippen molar-refractivity contribution in [2.45, 2.75) is 70.0 Å². The first-order chi connectivity index (χ1) is 19.0. The molecule has 3 aromatic rings. The summed E-state index contributed by atoms with van der Waals surface area (Å²) in [7, 11) is -4.08. The van der Waals surface area contributed by atoms with Crippen LogP contribution in [0.25, 0.3) is 0 Å². The van der Waals surface area contributed by atoms with Gasteiger partial charge in [-0.3, -0.25) is 13.9 Å². The van der Waals surface area contributed by atoms with Crippen molar-refractivity contribution < 1.29 is 18.0 Å². The van der Waals surface area contributed by atoms with Gasteiger partial charge in [-0.25, -0.2) is 8.42 Å². The van der Waals surface area contributed by atoms with Crippen molar-refractivity contribution in [3.8, 4) is 0 Å². The van der Waals surface area contributed by atoms with Crippen LogP contribution in [-0.4, -0.2) is 43.8 Å². The van der Waals surface area contributed by atoms with Crippen molar-refractivity contribution in [1.82, 2.24) is 10.2 Å². The van der Waals surface area contributed by atoms with E-state index in [9.17, 15) is 18.0 Å². The maximum atomic E-state index is 14.1. The molecule has 1 aliphatic rings. The van der Waals surface area contributed by atoms with Crippen molar-refractivity contribution in [2.75, 3.05) is 10.8 Å². The quantitative estimate of drug-likeness (QED) is 0.311. The first kappa shape index (κ1) is 29.8. The van der Waals surface area contributed by atoms with Crippen molar-refractivity contribution in [3.63, 3.8) is 0 Å². The van der Waals surface area contributed by atoms with Gasteiger partial charge >= 0.3 is 0 Å². The lowest BCUT2D eigenvalue weighted by molar-refractivity contribution is -0.139. The molecule has 4 rings (SSSR count). The SMILES string of the molecule is Cc1cc(C)cc(N(CC(=O)N(Cc2cccc(Br)c2)[C@@H](C)C(=O)NC2CCCC2)S(=O)(=O)c2ccccc2)c1. The number of sulfonamides is 1. The molecule has 0 aromatic heterocycles. The number of nitrogens with zero attached hydrogens (tertiary/aromatic N) is 2. The average molecular weight is 627 g/mol. The highest BCUT2D eigenvalue weighted by molar-refractivity contribution is 9.10. The van der Waals surface area contributed by atoms with Crippen LogP contribution in [0.4, 0.5) is 5.69 Å². The van der Waals surface area contributed by atoms with Gasteiger partial charge in [0.2, 0.25) is 11.8 Å².